The summed E-state index contributed by atoms with van der Waals surface area (Å²) in [6, 6.07) is 4.88. The van der Waals surface area contributed by atoms with Crippen LogP contribution in [0.5, 0.6) is 0 Å². The summed E-state index contributed by atoms with van der Waals surface area (Å²) in [6.07, 6.45) is 2.04. The molecule has 2 rings (SSSR count). The summed E-state index contributed by atoms with van der Waals surface area (Å²) >= 11 is 0. The molecule has 0 bridgehead atoms. The molecule has 17 heavy (non-hydrogen) atoms. The second-order valence-electron chi connectivity index (χ2n) is 3.63. The van der Waals surface area contributed by atoms with Crippen molar-refractivity contribution in [3.8, 4) is 0 Å². The van der Waals surface area contributed by atoms with Gasteiger partial charge in [0.2, 0.25) is 0 Å². The Kier molecular flexibility index (Phi) is 3.39. The number of rotatable bonds is 3. The Labute approximate surface area is 96.8 Å². The third kappa shape index (κ3) is 2.82. The highest BCUT2D eigenvalue weighted by Crippen LogP contribution is 2.19. The van der Waals surface area contributed by atoms with E-state index in [1.54, 1.807) is 6.07 Å². The zero-order valence-corrected chi connectivity index (χ0v) is 8.85. The van der Waals surface area contributed by atoms with Gasteiger partial charge in [0.15, 0.2) is 0 Å². The van der Waals surface area contributed by atoms with Gasteiger partial charge in [0.05, 0.1) is 12.3 Å². The second kappa shape index (κ2) is 4.97. The molecule has 0 aliphatic rings. The van der Waals surface area contributed by atoms with Crippen molar-refractivity contribution in [1.29, 1.82) is 0 Å². The molecule has 0 aliphatic carbocycles. The lowest BCUT2D eigenvalue weighted by Gasteiger charge is -2.10. The maximum absolute atomic E-state index is 13.3. The molecule has 0 aliphatic heterocycles. The molecule has 1 atom stereocenters. The van der Waals surface area contributed by atoms with Gasteiger partial charge in [-0.25, -0.2) is 8.78 Å². The van der Waals surface area contributed by atoms with Crippen LogP contribution in [0.2, 0.25) is 0 Å². The van der Waals surface area contributed by atoms with E-state index >= 15 is 0 Å². The predicted octanol–water partition coefficient (Wildman–Crippen LogP) is 2.03. The van der Waals surface area contributed by atoms with Gasteiger partial charge in [-0.2, -0.15) is 10.2 Å². The van der Waals surface area contributed by atoms with E-state index in [1.165, 1.54) is 18.5 Å². The van der Waals surface area contributed by atoms with Crippen molar-refractivity contribution < 1.29 is 13.9 Å². The van der Waals surface area contributed by atoms with E-state index in [4.69, 9.17) is 0 Å². The van der Waals surface area contributed by atoms with Crippen molar-refractivity contribution in [3.05, 3.63) is 59.4 Å². The first-order chi connectivity index (χ1) is 8.16. The third-order valence-corrected chi connectivity index (χ3v) is 2.42. The van der Waals surface area contributed by atoms with Gasteiger partial charge < -0.3 is 5.11 Å². The zero-order valence-electron chi connectivity index (χ0n) is 8.85. The molecule has 0 saturated carbocycles. The van der Waals surface area contributed by atoms with E-state index in [9.17, 15) is 13.9 Å². The van der Waals surface area contributed by atoms with Crippen LogP contribution in [0, 0.1) is 11.6 Å². The van der Waals surface area contributed by atoms with Gasteiger partial charge in [0.1, 0.15) is 11.6 Å². The molecule has 1 N–H and O–H groups in total. The molecule has 0 fully saturated rings. The van der Waals surface area contributed by atoms with E-state index in [-0.39, 0.29) is 12.0 Å². The molecule has 0 spiro atoms. The number of hydrogen-bond acceptors (Lipinski definition) is 3. The minimum absolute atomic E-state index is 0.0673. The first-order valence-electron chi connectivity index (χ1n) is 5.05. The average Bonchev–Trinajstić information content (AvgIpc) is 2.34. The lowest BCUT2D eigenvalue weighted by Crippen LogP contribution is -2.04. The van der Waals surface area contributed by atoms with E-state index < -0.39 is 17.7 Å². The van der Waals surface area contributed by atoms with Gasteiger partial charge in [0.25, 0.3) is 0 Å². The molecule has 5 heteroatoms. The fraction of sp³-hybridized carbons (Fsp3) is 0.167. The molecular formula is C12H10F2N2O. The Morgan fingerprint density at radius 1 is 1.18 bits per heavy atom. The molecule has 1 aromatic heterocycles. The van der Waals surface area contributed by atoms with Crippen molar-refractivity contribution in [2.45, 2.75) is 12.5 Å². The van der Waals surface area contributed by atoms with E-state index in [0.717, 1.165) is 12.1 Å². The van der Waals surface area contributed by atoms with Gasteiger partial charge in [-0.05, 0) is 17.7 Å². The SMILES string of the molecule is OC(Cc1ccc(F)cc1F)c1ccnnc1. The van der Waals surface area contributed by atoms with Gasteiger partial charge in [-0.1, -0.05) is 6.07 Å². The monoisotopic (exact) mass is 236 g/mol. The fourth-order valence-corrected chi connectivity index (χ4v) is 1.51. The molecular weight excluding hydrogens is 226 g/mol. The molecule has 1 unspecified atom stereocenters. The number of aliphatic hydroxyl groups excluding tert-OH is 1. The highest BCUT2D eigenvalue weighted by atomic mass is 19.1. The molecule has 3 nitrogen and oxygen atoms in total. The van der Waals surface area contributed by atoms with Gasteiger partial charge in [-0.15, -0.1) is 0 Å². The topological polar surface area (TPSA) is 46.0 Å². The largest absolute Gasteiger partial charge is 0.388 e. The van der Waals surface area contributed by atoms with Gasteiger partial charge in [-0.3, -0.25) is 0 Å². The van der Waals surface area contributed by atoms with Crippen LogP contribution < -0.4 is 0 Å². The summed E-state index contributed by atoms with van der Waals surface area (Å²) in [5.74, 6) is -1.29. The van der Waals surface area contributed by atoms with Crippen LogP contribution >= 0.6 is 0 Å². The molecule has 1 heterocycles. The van der Waals surface area contributed by atoms with Crippen molar-refractivity contribution in [2.75, 3.05) is 0 Å². The standard InChI is InChI=1S/C12H10F2N2O/c13-10-2-1-8(11(14)6-10)5-12(17)9-3-4-15-16-7-9/h1-4,6-7,12,17H,5H2. The van der Waals surface area contributed by atoms with Crippen molar-refractivity contribution >= 4 is 0 Å². The minimum Gasteiger partial charge on any atom is -0.388 e. The molecule has 2 aromatic rings. The van der Waals surface area contributed by atoms with Crippen LogP contribution in [-0.4, -0.2) is 15.3 Å². The smallest absolute Gasteiger partial charge is 0.129 e. The van der Waals surface area contributed by atoms with Gasteiger partial charge >= 0.3 is 0 Å². The summed E-state index contributed by atoms with van der Waals surface area (Å²) in [6.45, 7) is 0. The Morgan fingerprint density at radius 3 is 2.65 bits per heavy atom. The van der Waals surface area contributed by atoms with Crippen LogP contribution in [0.3, 0.4) is 0 Å². The maximum Gasteiger partial charge on any atom is 0.129 e. The van der Waals surface area contributed by atoms with Crippen LogP contribution in [0.1, 0.15) is 17.2 Å². The number of aliphatic hydroxyl groups is 1. The summed E-state index contributed by atoms with van der Waals surface area (Å²) < 4.78 is 26.0. The molecule has 88 valence electrons. The highest BCUT2D eigenvalue weighted by Gasteiger charge is 2.12. The number of benzene rings is 1. The Hall–Kier alpha value is -1.88. The lowest BCUT2D eigenvalue weighted by atomic mass is 10.0. The number of aromatic nitrogens is 2. The summed E-state index contributed by atoms with van der Waals surface area (Å²) in [5, 5.41) is 17.0. The van der Waals surface area contributed by atoms with Gasteiger partial charge in [0, 0.05) is 24.2 Å². The number of nitrogens with zero attached hydrogens (tertiary/aromatic N) is 2. The lowest BCUT2D eigenvalue weighted by molar-refractivity contribution is 0.176. The maximum atomic E-state index is 13.3. The van der Waals surface area contributed by atoms with Crippen molar-refractivity contribution in [2.24, 2.45) is 0 Å². The third-order valence-electron chi connectivity index (χ3n) is 2.42. The first kappa shape index (κ1) is 11.6. The zero-order chi connectivity index (χ0) is 12.3. The van der Waals surface area contributed by atoms with E-state index in [0.29, 0.717) is 5.56 Å². The van der Waals surface area contributed by atoms with Crippen LogP contribution in [0.4, 0.5) is 8.78 Å². The predicted molar refractivity (Wildman–Crippen MR) is 57.1 cm³/mol. The normalized spacial score (nSPS) is 12.4. The van der Waals surface area contributed by atoms with Crippen LogP contribution in [-0.2, 0) is 6.42 Å². The first-order valence-corrected chi connectivity index (χ1v) is 5.05. The summed E-state index contributed by atoms with van der Waals surface area (Å²) in [4.78, 5) is 0. The summed E-state index contributed by atoms with van der Waals surface area (Å²) in [5.41, 5.74) is 0.805. The van der Waals surface area contributed by atoms with Crippen molar-refractivity contribution in [1.82, 2.24) is 10.2 Å². The minimum atomic E-state index is -0.884. The quantitative estimate of drug-likeness (QED) is 0.886. The molecule has 1 aromatic carbocycles. The molecule has 0 saturated heterocycles. The Morgan fingerprint density at radius 2 is 2.00 bits per heavy atom. The summed E-state index contributed by atoms with van der Waals surface area (Å²) in [7, 11) is 0. The van der Waals surface area contributed by atoms with Crippen LogP contribution in [0.15, 0.2) is 36.7 Å². The Balaban J connectivity index is 2.16. The van der Waals surface area contributed by atoms with E-state index in [2.05, 4.69) is 10.2 Å². The molecule has 0 amide bonds. The van der Waals surface area contributed by atoms with Crippen molar-refractivity contribution in [3.63, 3.8) is 0 Å². The fourth-order valence-electron chi connectivity index (χ4n) is 1.51. The number of hydrogen-bond donors (Lipinski definition) is 1. The average molecular weight is 236 g/mol. The number of halogens is 2. The highest BCUT2D eigenvalue weighted by molar-refractivity contribution is 5.21. The Bertz CT molecular complexity index is 505. The second-order valence-corrected chi connectivity index (χ2v) is 3.63. The van der Waals surface area contributed by atoms with E-state index in [1.807, 2.05) is 0 Å². The van der Waals surface area contributed by atoms with Crippen LogP contribution in [0.25, 0.3) is 0 Å². The molecule has 0 radical (unpaired) electrons.